The highest BCUT2D eigenvalue weighted by atomic mass is 32.2. The number of carbonyl (C=O) groups is 1. The zero-order valence-corrected chi connectivity index (χ0v) is 14.6. The fourth-order valence-corrected chi connectivity index (χ4v) is 4.15. The Hall–Kier alpha value is -1.24. The molecule has 0 bridgehead atoms. The number of halogens is 6. The van der Waals surface area contributed by atoms with Crippen LogP contribution < -0.4 is 5.32 Å². The monoisotopic (exact) mass is 411 g/mol. The van der Waals surface area contributed by atoms with Gasteiger partial charge in [0.25, 0.3) is 0 Å². The molecule has 0 spiro atoms. The SMILES string of the molecule is CS(=O)(=O)N1CCCC(NC(=O)N2CCC(C(F)(F)F)(C(F)(F)F)C2)C1. The van der Waals surface area contributed by atoms with Crippen molar-refractivity contribution in [3.63, 3.8) is 0 Å². The highest BCUT2D eigenvalue weighted by molar-refractivity contribution is 7.88. The van der Waals surface area contributed by atoms with Crippen molar-refractivity contribution in [2.45, 2.75) is 37.7 Å². The van der Waals surface area contributed by atoms with Gasteiger partial charge in [0.05, 0.1) is 6.26 Å². The molecule has 2 rings (SSSR count). The number of hydrogen-bond acceptors (Lipinski definition) is 3. The molecule has 0 aromatic heterocycles. The second-order valence-electron chi connectivity index (χ2n) is 6.66. The molecule has 2 fully saturated rings. The van der Waals surface area contributed by atoms with Crippen molar-refractivity contribution in [2.24, 2.45) is 5.41 Å². The van der Waals surface area contributed by atoms with Crippen molar-refractivity contribution >= 4 is 16.1 Å². The van der Waals surface area contributed by atoms with E-state index in [4.69, 9.17) is 0 Å². The fraction of sp³-hybridized carbons (Fsp3) is 0.923. The Kier molecular flexibility index (Phi) is 5.45. The smallest absolute Gasteiger partial charge is 0.334 e. The predicted octanol–water partition coefficient (Wildman–Crippen LogP) is 1.94. The molecule has 0 aliphatic carbocycles. The lowest BCUT2D eigenvalue weighted by atomic mass is 9.85. The summed E-state index contributed by atoms with van der Waals surface area (Å²) >= 11 is 0. The summed E-state index contributed by atoms with van der Waals surface area (Å²) in [4.78, 5) is 12.6. The second kappa shape index (κ2) is 6.73. The lowest BCUT2D eigenvalue weighted by molar-refractivity contribution is -0.334. The van der Waals surface area contributed by atoms with Crippen LogP contribution >= 0.6 is 0 Å². The first-order valence-corrected chi connectivity index (χ1v) is 9.66. The molecule has 0 aromatic carbocycles. The molecule has 2 heterocycles. The first kappa shape index (κ1) is 21.1. The number of nitrogens with zero attached hydrogens (tertiary/aromatic N) is 2. The molecule has 2 aliphatic heterocycles. The summed E-state index contributed by atoms with van der Waals surface area (Å²) in [5.41, 5.74) is -3.94. The van der Waals surface area contributed by atoms with Crippen LogP contribution in [0.15, 0.2) is 0 Å². The molecule has 6 nitrogen and oxygen atoms in total. The summed E-state index contributed by atoms with van der Waals surface area (Å²) < 4.78 is 102. The maximum Gasteiger partial charge on any atom is 0.404 e. The molecule has 2 aliphatic rings. The Morgan fingerprint density at radius 1 is 1.12 bits per heavy atom. The van der Waals surface area contributed by atoms with E-state index in [-0.39, 0.29) is 13.1 Å². The highest BCUT2D eigenvalue weighted by Gasteiger charge is 2.73. The van der Waals surface area contributed by atoms with Gasteiger partial charge in [0, 0.05) is 32.2 Å². The van der Waals surface area contributed by atoms with Crippen molar-refractivity contribution in [3.8, 4) is 0 Å². The maximum atomic E-state index is 13.0. The topological polar surface area (TPSA) is 69.7 Å². The summed E-state index contributed by atoms with van der Waals surface area (Å²) in [6.45, 7) is -2.01. The van der Waals surface area contributed by atoms with Crippen LogP contribution in [0.5, 0.6) is 0 Å². The summed E-state index contributed by atoms with van der Waals surface area (Å²) in [6.07, 6.45) is -10.5. The van der Waals surface area contributed by atoms with Gasteiger partial charge in [-0.25, -0.2) is 17.5 Å². The molecule has 2 amide bonds. The largest absolute Gasteiger partial charge is 0.404 e. The van der Waals surface area contributed by atoms with E-state index in [1.54, 1.807) is 0 Å². The summed E-state index contributed by atoms with van der Waals surface area (Å²) in [6, 6.07) is -1.72. The van der Waals surface area contributed by atoms with Crippen molar-refractivity contribution in [1.29, 1.82) is 0 Å². The van der Waals surface area contributed by atoms with Crippen LogP contribution in [0.2, 0.25) is 0 Å². The van der Waals surface area contributed by atoms with Crippen LogP contribution in [-0.4, -0.2) is 74.5 Å². The number of amides is 2. The average Bonchev–Trinajstić information content (AvgIpc) is 2.92. The first-order chi connectivity index (χ1) is 11.7. The minimum absolute atomic E-state index is 0.0674. The minimum Gasteiger partial charge on any atom is -0.334 e. The number of likely N-dealkylation sites (tertiary alicyclic amines) is 1. The Labute approximate surface area is 146 Å². The number of alkyl halides is 6. The quantitative estimate of drug-likeness (QED) is 0.707. The second-order valence-corrected chi connectivity index (χ2v) is 8.64. The molecule has 0 saturated carbocycles. The van der Waals surface area contributed by atoms with E-state index in [1.807, 2.05) is 0 Å². The van der Waals surface area contributed by atoms with Crippen molar-refractivity contribution < 1.29 is 39.6 Å². The molecule has 1 unspecified atom stereocenters. The number of piperidine rings is 1. The standard InChI is InChI=1S/C13H19F6N3O3S/c1-26(24,25)22-5-2-3-9(7-22)20-10(23)21-6-4-11(8-21,12(14,15)16)13(17,18)19/h9H,2-8H2,1H3,(H,20,23). The molecule has 0 aromatic rings. The molecule has 2 saturated heterocycles. The van der Waals surface area contributed by atoms with Gasteiger partial charge in [0.15, 0.2) is 5.41 Å². The minimum atomic E-state index is -5.53. The van der Waals surface area contributed by atoms with E-state index < -0.39 is 59.4 Å². The third-order valence-electron chi connectivity index (χ3n) is 4.82. The van der Waals surface area contributed by atoms with Crippen LogP contribution in [0.1, 0.15) is 19.3 Å². The normalized spacial score (nSPS) is 25.3. The zero-order chi connectivity index (χ0) is 20.0. The van der Waals surface area contributed by atoms with E-state index >= 15 is 0 Å². The molecule has 0 radical (unpaired) electrons. The summed E-state index contributed by atoms with van der Waals surface area (Å²) in [7, 11) is -3.50. The van der Waals surface area contributed by atoms with Gasteiger partial charge >= 0.3 is 18.4 Å². The van der Waals surface area contributed by atoms with Crippen molar-refractivity contribution in [3.05, 3.63) is 0 Å². The molecular formula is C13H19F6N3O3S. The van der Waals surface area contributed by atoms with Gasteiger partial charge in [-0.2, -0.15) is 26.3 Å². The lowest BCUT2D eigenvalue weighted by Crippen LogP contribution is -2.55. The molecule has 13 heteroatoms. The van der Waals surface area contributed by atoms with Gasteiger partial charge in [-0.3, -0.25) is 0 Å². The predicted molar refractivity (Wildman–Crippen MR) is 78.7 cm³/mol. The van der Waals surface area contributed by atoms with Gasteiger partial charge in [0.1, 0.15) is 0 Å². The molecule has 1 N–H and O–H groups in total. The van der Waals surface area contributed by atoms with Gasteiger partial charge in [-0.15, -0.1) is 0 Å². The van der Waals surface area contributed by atoms with E-state index in [1.165, 1.54) is 0 Å². The van der Waals surface area contributed by atoms with E-state index in [9.17, 15) is 39.6 Å². The molecule has 1 atom stereocenters. The van der Waals surface area contributed by atoms with E-state index in [0.29, 0.717) is 17.7 Å². The first-order valence-electron chi connectivity index (χ1n) is 7.81. The number of sulfonamides is 1. The van der Waals surface area contributed by atoms with Crippen LogP contribution in [-0.2, 0) is 10.0 Å². The van der Waals surface area contributed by atoms with Gasteiger partial charge in [0.2, 0.25) is 10.0 Å². The molecule has 26 heavy (non-hydrogen) atoms. The Bertz CT molecular complexity index is 634. The molecular weight excluding hydrogens is 392 g/mol. The fourth-order valence-electron chi connectivity index (χ4n) is 3.23. The molecule has 152 valence electrons. The van der Waals surface area contributed by atoms with E-state index in [2.05, 4.69) is 5.32 Å². The lowest BCUT2D eigenvalue weighted by Gasteiger charge is -2.34. The third kappa shape index (κ3) is 4.02. The third-order valence-corrected chi connectivity index (χ3v) is 6.09. The van der Waals surface area contributed by atoms with E-state index in [0.717, 1.165) is 10.6 Å². The Balaban J connectivity index is 2.05. The van der Waals surface area contributed by atoms with Crippen molar-refractivity contribution in [2.75, 3.05) is 32.4 Å². The summed E-state index contributed by atoms with van der Waals surface area (Å²) in [5, 5.41) is 2.35. The van der Waals surface area contributed by atoms with Gasteiger partial charge < -0.3 is 10.2 Å². The van der Waals surface area contributed by atoms with Gasteiger partial charge in [-0.05, 0) is 19.3 Å². The maximum absolute atomic E-state index is 13.0. The summed E-state index contributed by atoms with van der Waals surface area (Å²) in [5.74, 6) is 0. The van der Waals surface area contributed by atoms with Crippen LogP contribution in [0.25, 0.3) is 0 Å². The van der Waals surface area contributed by atoms with Crippen LogP contribution in [0, 0.1) is 5.41 Å². The average molecular weight is 411 g/mol. The zero-order valence-electron chi connectivity index (χ0n) is 13.8. The van der Waals surface area contributed by atoms with Crippen molar-refractivity contribution in [1.82, 2.24) is 14.5 Å². The number of carbonyl (C=O) groups excluding carboxylic acids is 1. The number of rotatable bonds is 2. The number of nitrogens with one attached hydrogen (secondary N) is 1. The van der Waals surface area contributed by atoms with Gasteiger partial charge in [-0.1, -0.05) is 0 Å². The number of hydrogen-bond donors (Lipinski definition) is 1. The Morgan fingerprint density at radius 2 is 1.69 bits per heavy atom. The van der Waals surface area contributed by atoms with Crippen LogP contribution in [0.4, 0.5) is 31.1 Å². The van der Waals surface area contributed by atoms with Crippen LogP contribution in [0.3, 0.4) is 0 Å². The highest BCUT2D eigenvalue weighted by Crippen LogP contribution is 2.55. The number of urea groups is 1. The Morgan fingerprint density at radius 3 is 2.15 bits per heavy atom.